The molecule has 0 heterocycles. The van der Waals surface area contributed by atoms with Crippen molar-refractivity contribution in [1.29, 1.82) is 0 Å². The van der Waals surface area contributed by atoms with Gasteiger partial charge in [0.15, 0.2) is 11.5 Å². The number of carbonyl (C=O) groups excluding carboxylic acids is 1. The quantitative estimate of drug-likeness (QED) is 0.449. The van der Waals surface area contributed by atoms with Gasteiger partial charge in [-0.05, 0) is 17.7 Å². The van der Waals surface area contributed by atoms with E-state index in [0.29, 0.717) is 22.8 Å². The topological polar surface area (TPSA) is 107 Å². The minimum atomic E-state index is -3.59. The van der Waals surface area contributed by atoms with Gasteiger partial charge in [0.1, 0.15) is 0 Å². The molecule has 0 spiro atoms. The molecule has 0 aliphatic heterocycles. The van der Waals surface area contributed by atoms with Crippen molar-refractivity contribution in [3.05, 3.63) is 53.6 Å². The molecule has 1 N–H and O–H groups in total. The van der Waals surface area contributed by atoms with Crippen LogP contribution in [0.1, 0.15) is 11.1 Å². The summed E-state index contributed by atoms with van der Waals surface area (Å²) in [6, 6.07) is 12.4. The van der Waals surface area contributed by atoms with Crippen molar-refractivity contribution in [3.8, 4) is 17.2 Å². The first-order chi connectivity index (χ1) is 14.3. The van der Waals surface area contributed by atoms with Gasteiger partial charge in [-0.25, -0.2) is 13.8 Å². The maximum atomic E-state index is 12.3. The third-order valence-corrected chi connectivity index (χ3v) is 5.31. The van der Waals surface area contributed by atoms with Crippen LogP contribution in [-0.2, 0) is 21.4 Å². The van der Waals surface area contributed by atoms with Crippen LogP contribution in [0.4, 0.5) is 0 Å². The zero-order valence-corrected chi connectivity index (χ0v) is 18.1. The summed E-state index contributed by atoms with van der Waals surface area (Å²) in [5.41, 5.74) is 3.65. The Kier molecular flexibility index (Phi) is 8.19. The van der Waals surface area contributed by atoms with Gasteiger partial charge in [0.25, 0.3) is 5.91 Å². The van der Waals surface area contributed by atoms with E-state index in [4.69, 9.17) is 14.2 Å². The zero-order valence-electron chi connectivity index (χ0n) is 17.3. The zero-order chi connectivity index (χ0) is 22.1. The lowest BCUT2D eigenvalue weighted by Gasteiger charge is -2.18. The van der Waals surface area contributed by atoms with Crippen molar-refractivity contribution in [2.75, 3.05) is 34.1 Å². The molecule has 0 saturated heterocycles. The number of carbonyl (C=O) groups is 1. The molecule has 0 fully saturated rings. The molecule has 162 valence electrons. The van der Waals surface area contributed by atoms with Gasteiger partial charge in [-0.1, -0.05) is 30.3 Å². The van der Waals surface area contributed by atoms with E-state index in [0.717, 1.165) is 16.1 Å². The SMILES string of the molecule is COc1ccc(/C=N\NC(=O)CN(Cc2ccccc2)S(C)(=O)=O)c(OC)c1OC. The van der Waals surface area contributed by atoms with E-state index in [-0.39, 0.29) is 13.1 Å². The lowest BCUT2D eigenvalue weighted by molar-refractivity contribution is -0.121. The van der Waals surface area contributed by atoms with Gasteiger partial charge in [-0.3, -0.25) is 4.79 Å². The maximum absolute atomic E-state index is 12.3. The first-order valence-electron chi connectivity index (χ1n) is 8.90. The van der Waals surface area contributed by atoms with E-state index < -0.39 is 15.9 Å². The summed E-state index contributed by atoms with van der Waals surface area (Å²) in [5, 5.41) is 3.90. The lowest BCUT2D eigenvalue weighted by atomic mass is 10.2. The number of rotatable bonds is 10. The summed E-state index contributed by atoms with van der Waals surface area (Å²) in [6.07, 6.45) is 2.43. The molecule has 2 aromatic carbocycles. The molecule has 30 heavy (non-hydrogen) atoms. The highest BCUT2D eigenvalue weighted by atomic mass is 32.2. The smallest absolute Gasteiger partial charge is 0.255 e. The second-order valence-corrected chi connectivity index (χ2v) is 8.22. The fourth-order valence-electron chi connectivity index (χ4n) is 2.67. The average Bonchev–Trinajstić information content (AvgIpc) is 2.72. The van der Waals surface area contributed by atoms with Gasteiger partial charge >= 0.3 is 0 Å². The highest BCUT2D eigenvalue weighted by molar-refractivity contribution is 7.88. The van der Waals surface area contributed by atoms with Crippen LogP contribution in [0, 0.1) is 0 Å². The summed E-state index contributed by atoms with van der Waals surface area (Å²) >= 11 is 0. The Morgan fingerprint density at radius 1 is 1.03 bits per heavy atom. The van der Waals surface area contributed by atoms with E-state index in [2.05, 4.69) is 10.5 Å². The number of ether oxygens (including phenoxy) is 3. The van der Waals surface area contributed by atoms with E-state index in [1.165, 1.54) is 27.5 Å². The molecule has 0 radical (unpaired) electrons. The first-order valence-corrected chi connectivity index (χ1v) is 10.7. The average molecular weight is 436 g/mol. The van der Waals surface area contributed by atoms with Crippen LogP contribution in [0.3, 0.4) is 0 Å². The minimum absolute atomic E-state index is 0.0836. The van der Waals surface area contributed by atoms with Gasteiger partial charge in [0, 0.05) is 12.1 Å². The van der Waals surface area contributed by atoms with E-state index >= 15 is 0 Å². The van der Waals surface area contributed by atoms with Crippen LogP contribution in [-0.4, -0.2) is 59.0 Å². The molecule has 2 rings (SSSR count). The van der Waals surface area contributed by atoms with Crippen molar-refractivity contribution in [3.63, 3.8) is 0 Å². The molecular formula is C20H25N3O6S. The molecule has 1 amide bonds. The Balaban J connectivity index is 2.09. The Morgan fingerprint density at radius 3 is 2.27 bits per heavy atom. The van der Waals surface area contributed by atoms with Crippen LogP contribution in [0.15, 0.2) is 47.6 Å². The standard InChI is InChI=1S/C20H25N3O6S/c1-27-17-11-10-16(19(28-2)20(17)29-3)12-21-22-18(24)14-23(30(4,25)26)13-15-8-6-5-7-9-15/h5-12H,13-14H2,1-4H3,(H,22,24)/b21-12-. The summed E-state index contributed by atoms with van der Waals surface area (Å²) in [7, 11) is 0.870. The van der Waals surface area contributed by atoms with E-state index in [9.17, 15) is 13.2 Å². The fourth-order valence-corrected chi connectivity index (χ4v) is 3.41. The molecule has 10 heteroatoms. The van der Waals surface area contributed by atoms with Crippen molar-refractivity contribution >= 4 is 22.1 Å². The highest BCUT2D eigenvalue weighted by Crippen LogP contribution is 2.38. The summed E-state index contributed by atoms with van der Waals surface area (Å²) in [6.45, 7) is -0.283. The monoisotopic (exact) mass is 435 g/mol. The van der Waals surface area contributed by atoms with Crippen LogP contribution in [0.5, 0.6) is 17.2 Å². The summed E-state index contributed by atoms with van der Waals surface area (Å²) in [5.74, 6) is 0.686. The van der Waals surface area contributed by atoms with Crippen molar-refractivity contribution in [2.45, 2.75) is 6.54 Å². The summed E-state index contributed by atoms with van der Waals surface area (Å²) in [4.78, 5) is 12.3. The molecule has 0 unspecified atom stereocenters. The Hall–Kier alpha value is -3.11. The molecule has 2 aromatic rings. The van der Waals surface area contributed by atoms with Crippen molar-refractivity contribution < 1.29 is 27.4 Å². The number of hydrogen-bond acceptors (Lipinski definition) is 7. The molecule has 0 aliphatic carbocycles. The predicted octanol–water partition coefficient (Wildman–Crippen LogP) is 1.62. The molecule has 9 nitrogen and oxygen atoms in total. The van der Waals surface area contributed by atoms with Crippen LogP contribution < -0.4 is 19.6 Å². The Bertz CT molecular complexity index is 993. The largest absolute Gasteiger partial charge is 0.493 e. The van der Waals surface area contributed by atoms with Crippen LogP contribution in [0.2, 0.25) is 0 Å². The third-order valence-electron chi connectivity index (χ3n) is 4.12. The molecular weight excluding hydrogens is 410 g/mol. The van der Waals surface area contributed by atoms with E-state index in [1.807, 2.05) is 6.07 Å². The van der Waals surface area contributed by atoms with Gasteiger partial charge in [0.05, 0.1) is 40.3 Å². The highest BCUT2D eigenvalue weighted by Gasteiger charge is 2.20. The fraction of sp³-hybridized carbons (Fsp3) is 0.300. The first kappa shape index (κ1) is 23.2. The number of sulfonamides is 1. The Morgan fingerprint density at radius 2 is 1.70 bits per heavy atom. The number of hydrazone groups is 1. The van der Waals surface area contributed by atoms with Crippen LogP contribution >= 0.6 is 0 Å². The number of amides is 1. The lowest BCUT2D eigenvalue weighted by Crippen LogP contribution is -2.38. The van der Waals surface area contributed by atoms with E-state index in [1.54, 1.807) is 36.4 Å². The number of methoxy groups -OCH3 is 3. The number of benzene rings is 2. The number of nitrogens with zero attached hydrogens (tertiary/aromatic N) is 2. The summed E-state index contributed by atoms with van der Waals surface area (Å²) < 4.78 is 41.0. The molecule has 0 aliphatic rings. The number of nitrogens with one attached hydrogen (secondary N) is 1. The van der Waals surface area contributed by atoms with Gasteiger partial charge in [0.2, 0.25) is 15.8 Å². The maximum Gasteiger partial charge on any atom is 0.255 e. The molecule has 0 bridgehead atoms. The van der Waals surface area contributed by atoms with Gasteiger partial charge in [-0.15, -0.1) is 0 Å². The van der Waals surface area contributed by atoms with Gasteiger partial charge in [-0.2, -0.15) is 9.41 Å². The molecule has 0 atom stereocenters. The number of hydrogen-bond donors (Lipinski definition) is 1. The van der Waals surface area contributed by atoms with Crippen molar-refractivity contribution in [1.82, 2.24) is 9.73 Å². The normalized spacial score (nSPS) is 11.5. The second-order valence-electron chi connectivity index (χ2n) is 6.23. The third kappa shape index (κ3) is 6.19. The van der Waals surface area contributed by atoms with Crippen molar-refractivity contribution in [2.24, 2.45) is 5.10 Å². The van der Waals surface area contributed by atoms with Crippen LogP contribution in [0.25, 0.3) is 0 Å². The second kappa shape index (κ2) is 10.6. The molecule has 0 aromatic heterocycles. The minimum Gasteiger partial charge on any atom is -0.493 e. The van der Waals surface area contributed by atoms with Gasteiger partial charge < -0.3 is 14.2 Å². The Labute approximate surface area is 176 Å². The molecule has 0 saturated carbocycles. The predicted molar refractivity (Wildman–Crippen MR) is 114 cm³/mol.